The maximum Gasteiger partial charge on any atom is 0.339 e. The standard InChI is InChI=1S/C21H21N5O3/c1-26(2)16-10-8-15(9-11-16)24-19(27)14-12-22-21(23-13-14)25-18-7-5-4-6-17(18)20(28)29-3/h4-13H,1-3H3,(H,24,27)(H,22,23,25). The molecule has 0 aliphatic heterocycles. The molecule has 0 aliphatic rings. The highest BCUT2D eigenvalue weighted by atomic mass is 16.5. The summed E-state index contributed by atoms with van der Waals surface area (Å²) in [6.07, 6.45) is 2.83. The van der Waals surface area contributed by atoms with Gasteiger partial charge in [0, 0.05) is 37.9 Å². The van der Waals surface area contributed by atoms with Gasteiger partial charge in [-0.15, -0.1) is 0 Å². The Bertz CT molecular complexity index is 1000. The van der Waals surface area contributed by atoms with E-state index in [9.17, 15) is 9.59 Å². The van der Waals surface area contributed by atoms with Crippen LogP contribution in [0.25, 0.3) is 0 Å². The number of methoxy groups -OCH3 is 1. The summed E-state index contributed by atoms with van der Waals surface area (Å²) in [6, 6.07) is 14.3. The van der Waals surface area contributed by atoms with Gasteiger partial charge in [-0.3, -0.25) is 4.79 Å². The van der Waals surface area contributed by atoms with Crippen molar-refractivity contribution in [1.29, 1.82) is 0 Å². The molecule has 0 saturated carbocycles. The minimum Gasteiger partial charge on any atom is -0.465 e. The smallest absolute Gasteiger partial charge is 0.339 e. The zero-order chi connectivity index (χ0) is 20.8. The highest BCUT2D eigenvalue weighted by Gasteiger charge is 2.13. The van der Waals surface area contributed by atoms with E-state index in [0.29, 0.717) is 22.5 Å². The number of nitrogens with one attached hydrogen (secondary N) is 2. The van der Waals surface area contributed by atoms with Crippen LogP contribution in [0.15, 0.2) is 60.9 Å². The lowest BCUT2D eigenvalue weighted by Gasteiger charge is -2.13. The monoisotopic (exact) mass is 391 g/mol. The van der Waals surface area contributed by atoms with Crippen molar-refractivity contribution >= 4 is 34.9 Å². The van der Waals surface area contributed by atoms with Crippen molar-refractivity contribution in [2.75, 3.05) is 36.7 Å². The molecule has 0 saturated heterocycles. The molecule has 8 heteroatoms. The zero-order valence-corrected chi connectivity index (χ0v) is 16.3. The Hall–Kier alpha value is -3.94. The number of anilines is 4. The van der Waals surface area contributed by atoms with Gasteiger partial charge in [0.1, 0.15) is 0 Å². The average molecular weight is 391 g/mol. The first-order chi connectivity index (χ1) is 14.0. The lowest BCUT2D eigenvalue weighted by molar-refractivity contribution is 0.0601. The van der Waals surface area contributed by atoms with E-state index in [1.165, 1.54) is 19.5 Å². The van der Waals surface area contributed by atoms with Crippen LogP contribution in [0, 0.1) is 0 Å². The summed E-state index contributed by atoms with van der Waals surface area (Å²) in [5, 5.41) is 5.77. The van der Waals surface area contributed by atoms with Gasteiger partial charge >= 0.3 is 5.97 Å². The second-order valence-corrected chi connectivity index (χ2v) is 6.35. The number of aromatic nitrogens is 2. The molecular weight excluding hydrogens is 370 g/mol. The Labute approximate surface area is 168 Å². The normalized spacial score (nSPS) is 10.2. The number of ether oxygens (including phenoxy) is 1. The first-order valence-electron chi connectivity index (χ1n) is 8.83. The Morgan fingerprint density at radius 2 is 1.62 bits per heavy atom. The van der Waals surface area contributed by atoms with Crippen LogP contribution in [-0.2, 0) is 4.74 Å². The molecule has 0 spiro atoms. The fourth-order valence-corrected chi connectivity index (χ4v) is 2.56. The lowest BCUT2D eigenvalue weighted by Crippen LogP contribution is -2.14. The number of benzene rings is 2. The largest absolute Gasteiger partial charge is 0.465 e. The summed E-state index contributed by atoms with van der Waals surface area (Å²) >= 11 is 0. The van der Waals surface area contributed by atoms with E-state index in [1.54, 1.807) is 24.3 Å². The van der Waals surface area contributed by atoms with Crippen molar-refractivity contribution in [3.8, 4) is 0 Å². The van der Waals surface area contributed by atoms with E-state index in [2.05, 4.69) is 20.6 Å². The van der Waals surface area contributed by atoms with Crippen molar-refractivity contribution in [3.63, 3.8) is 0 Å². The topological polar surface area (TPSA) is 96.4 Å². The molecule has 1 aromatic heterocycles. The van der Waals surface area contributed by atoms with Crippen LogP contribution in [0.5, 0.6) is 0 Å². The molecule has 0 fully saturated rings. The number of nitrogens with zero attached hydrogens (tertiary/aromatic N) is 3. The Balaban J connectivity index is 1.69. The second kappa shape index (κ2) is 8.83. The summed E-state index contributed by atoms with van der Waals surface area (Å²) in [4.78, 5) is 34.5. The third-order valence-corrected chi connectivity index (χ3v) is 4.13. The van der Waals surface area contributed by atoms with Gasteiger partial charge in [0.2, 0.25) is 5.95 Å². The number of para-hydroxylation sites is 1. The maximum absolute atomic E-state index is 12.4. The van der Waals surface area contributed by atoms with E-state index in [0.717, 1.165) is 5.69 Å². The summed E-state index contributed by atoms with van der Waals surface area (Å²) in [6.45, 7) is 0. The Morgan fingerprint density at radius 1 is 0.966 bits per heavy atom. The van der Waals surface area contributed by atoms with E-state index < -0.39 is 5.97 Å². The molecule has 1 heterocycles. The quantitative estimate of drug-likeness (QED) is 0.622. The summed E-state index contributed by atoms with van der Waals surface area (Å²) < 4.78 is 4.77. The van der Waals surface area contributed by atoms with Gasteiger partial charge in [-0.25, -0.2) is 14.8 Å². The number of hydrogen-bond acceptors (Lipinski definition) is 7. The fourth-order valence-electron chi connectivity index (χ4n) is 2.56. The number of carbonyl (C=O) groups excluding carboxylic acids is 2. The van der Waals surface area contributed by atoms with Gasteiger partial charge < -0.3 is 20.3 Å². The molecule has 3 rings (SSSR count). The van der Waals surface area contributed by atoms with Gasteiger partial charge in [0.15, 0.2) is 0 Å². The second-order valence-electron chi connectivity index (χ2n) is 6.35. The van der Waals surface area contributed by atoms with Crippen LogP contribution in [0.4, 0.5) is 23.0 Å². The lowest BCUT2D eigenvalue weighted by atomic mass is 10.2. The van der Waals surface area contributed by atoms with E-state index in [4.69, 9.17) is 4.74 Å². The predicted octanol–water partition coefficient (Wildman–Crippen LogP) is 3.33. The van der Waals surface area contributed by atoms with Crippen LogP contribution < -0.4 is 15.5 Å². The molecule has 0 aliphatic carbocycles. The van der Waals surface area contributed by atoms with Gasteiger partial charge in [-0.1, -0.05) is 12.1 Å². The van der Waals surface area contributed by atoms with Crippen LogP contribution in [0.2, 0.25) is 0 Å². The van der Waals surface area contributed by atoms with Gasteiger partial charge in [-0.2, -0.15) is 0 Å². The number of carbonyl (C=O) groups is 2. The van der Waals surface area contributed by atoms with Crippen molar-refractivity contribution in [1.82, 2.24) is 9.97 Å². The van der Waals surface area contributed by atoms with Crippen LogP contribution in [0.3, 0.4) is 0 Å². The molecule has 1 amide bonds. The van der Waals surface area contributed by atoms with Crippen LogP contribution >= 0.6 is 0 Å². The Kier molecular flexibility index (Phi) is 6.03. The van der Waals surface area contributed by atoms with Crippen LogP contribution in [-0.4, -0.2) is 43.0 Å². The first kappa shape index (κ1) is 19.8. The minimum atomic E-state index is -0.468. The first-order valence-corrected chi connectivity index (χ1v) is 8.83. The van der Waals surface area contributed by atoms with Crippen molar-refractivity contribution in [2.45, 2.75) is 0 Å². The zero-order valence-electron chi connectivity index (χ0n) is 16.3. The average Bonchev–Trinajstić information content (AvgIpc) is 2.74. The molecule has 0 unspecified atom stereocenters. The number of amides is 1. The SMILES string of the molecule is COC(=O)c1ccccc1Nc1ncc(C(=O)Nc2ccc(N(C)C)cc2)cn1. The molecule has 2 aromatic carbocycles. The molecule has 2 N–H and O–H groups in total. The molecular formula is C21H21N5O3. The molecule has 0 atom stereocenters. The van der Waals surface area contributed by atoms with E-state index in [1.807, 2.05) is 43.3 Å². The predicted molar refractivity (Wildman–Crippen MR) is 112 cm³/mol. The van der Waals surface area contributed by atoms with Gasteiger partial charge in [-0.05, 0) is 36.4 Å². The van der Waals surface area contributed by atoms with Gasteiger partial charge in [0.05, 0.1) is 23.9 Å². The summed E-state index contributed by atoms with van der Waals surface area (Å²) in [5.41, 5.74) is 2.90. The minimum absolute atomic E-state index is 0.258. The van der Waals surface area contributed by atoms with Gasteiger partial charge in [0.25, 0.3) is 5.91 Å². The fraction of sp³-hybridized carbons (Fsp3) is 0.143. The number of hydrogen-bond donors (Lipinski definition) is 2. The maximum atomic E-state index is 12.4. The van der Waals surface area contributed by atoms with Crippen LogP contribution in [0.1, 0.15) is 20.7 Å². The molecule has 0 bridgehead atoms. The van der Waals surface area contributed by atoms with Crippen molar-refractivity contribution in [3.05, 3.63) is 72.1 Å². The summed E-state index contributed by atoms with van der Waals surface area (Å²) in [7, 11) is 5.21. The molecule has 148 valence electrons. The third kappa shape index (κ3) is 4.86. The Morgan fingerprint density at radius 3 is 2.24 bits per heavy atom. The summed E-state index contributed by atoms with van der Waals surface area (Å²) in [5.74, 6) is -0.526. The van der Waals surface area contributed by atoms with Crippen molar-refractivity contribution < 1.29 is 14.3 Å². The number of esters is 1. The third-order valence-electron chi connectivity index (χ3n) is 4.13. The van der Waals surface area contributed by atoms with Crippen molar-refractivity contribution in [2.24, 2.45) is 0 Å². The van der Waals surface area contributed by atoms with E-state index in [-0.39, 0.29) is 11.9 Å². The number of rotatable bonds is 6. The molecule has 29 heavy (non-hydrogen) atoms. The molecule has 8 nitrogen and oxygen atoms in total. The molecule has 0 radical (unpaired) electrons. The van der Waals surface area contributed by atoms with E-state index >= 15 is 0 Å². The molecule has 3 aromatic rings. The highest BCUT2D eigenvalue weighted by molar-refractivity contribution is 6.04. The highest BCUT2D eigenvalue weighted by Crippen LogP contribution is 2.20.